The number of phenolic OH excluding ortho intramolecular Hbond substituents is 1. The van der Waals surface area contributed by atoms with E-state index in [0.717, 1.165) is 50.0 Å². The van der Waals surface area contributed by atoms with Crippen molar-refractivity contribution >= 4 is 17.2 Å². The summed E-state index contributed by atoms with van der Waals surface area (Å²) in [5.41, 5.74) is 1.09. The molecular weight excluding hydrogens is 417 g/mol. The Morgan fingerprint density at radius 3 is 2.81 bits per heavy atom. The maximum atomic E-state index is 14.7. The number of anilines is 1. The highest BCUT2D eigenvalue weighted by Crippen LogP contribution is 2.36. The van der Waals surface area contributed by atoms with Gasteiger partial charge in [-0.15, -0.1) is 21.5 Å². The predicted molar refractivity (Wildman–Crippen MR) is 118 cm³/mol. The zero-order valence-electron chi connectivity index (χ0n) is 17.2. The molecule has 0 amide bonds. The van der Waals surface area contributed by atoms with Gasteiger partial charge in [0.2, 0.25) is 0 Å². The van der Waals surface area contributed by atoms with Crippen molar-refractivity contribution < 1.29 is 14.2 Å². The van der Waals surface area contributed by atoms with Gasteiger partial charge < -0.3 is 20.1 Å². The van der Waals surface area contributed by atoms with Crippen LogP contribution < -0.4 is 10.2 Å². The van der Waals surface area contributed by atoms with Crippen LogP contribution in [0.15, 0.2) is 30.5 Å². The van der Waals surface area contributed by atoms with Crippen LogP contribution in [0.2, 0.25) is 0 Å². The van der Waals surface area contributed by atoms with E-state index in [0.29, 0.717) is 33.8 Å². The van der Waals surface area contributed by atoms with Gasteiger partial charge in [-0.05, 0) is 44.0 Å². The number of benzene rings is 1. The van der Waals surface area contributed by atoms with Crippen molar-refractivity contribution in [2.45, 2.75) is 31.8 Å². The number of ether oxygens (including phenoxy) is 1. The maximum absolute atomic E-state index is 14.7. The van der Waals surface area contributed by atoms with Crippen LogP contribution >= 0.6 is 11.3 Å². The number of halogens is 1. The highest BCUT2D eigenvalue weighted by Gasteiger charge is 2.27. The van der Waals surface area contributed by atoms with E-state index in [1.54, 1.807) is 12.3 Å². The molecule has 1 aromatic carbocycles. The molecule has 2 aliphatic rings. The summed E-state index contributed by atoms with van der Waals surface area (Å²) in [6, 6.07) is 7.24. The van der Waals surface area contributed by atoms with Crippen molar-refractivity contribution in [1.82, 2.24) is 20.5 Å². The smallest absolute Gasteiger partial charge is 0.151 e. The van der Waals surface area contributed by atoms with Crippen LogP contribution in [-0.2, 0) is 4.74 Å². The molecule has 0 unspecified atom stereocenters. The van der Waals surface area contributed by atoms with Crippen LogP contribution in [0.3, 0.4) is 0 Å². The van der Waals surface area contributed by atoms with Crippen molar-refractivity contribution in [2.75, 3.05) is 31.2 Å². The third-order valence-corrected chi connectivity index (χ3v) is 6.76. The Balaban J connectivity index is 1.30. The van der Waals surface area contributed by atoms with Crippen LogP contribution in [0.1, 0.15) is 17.8 Å². The highest BCUT2D eigenvalue weighted by molar-refractivity contribution is 7.15. The Morgan fingerprint density at radius 1 is 1.19 bits per heavy atom. The zero-order chi connectivity index (χ0) is 21.4. The van der Waals surface area contributed by atoms with E-state index in [9.17, 15) is 9.50 Å². The Hall–Kier alpha value is -2.62. The number of aromatic hydroxyl groups is 1. The van der Waals surface area contributed by atoms with Gasteiger partial charge >= 0.3 is 0 Å². The molecule has 7 nitrogen and oxygen atoms in total. The fourth-order valence-electron chi connectivity index (χ4n) is 4.18. The molecule has 2 atom stereocenters. The first-order valence-corrected chi connectivity index (χ1v) is 11.3. The Kier molecular flexibility index (Phi) is 5.56. The Labute approximate surface area is 183 Å². The van der Waals surface area contributed by atoms with Gasteiger partial charge in [0.1, 0.15) is 11.6 Å². The van der Waals surface area contributed by atoms with Crippen molar-refractivity contribution in [3.63, 3.8) is 0 Å². The third-order valence-electron chi connectivity index (χ3n) is 5.81. The molecule has 2 aromatic heterocycles. The summed E-state index contributed by atoms with van der Waals surface area (Å²) in [7, 11) is 0. The normalized spacial score (nSPS) is 21.2. The molecule has 0 aliphatic carbocycles. The van der Waals surface area contributed by atoms with E-state index < -0.39 is 5.82 Å². The average Bonchev–Trinajstić information content (AvgIpc) is 3.53. The first-order valence-electron chi connectivity index (χ1n) is 10.4. The lowest BCUT2D eigenvalue weighted by Crippen LogP contribution is -2.40. The molecular formula is C22H24FN5O2S. The van der Waals surface area contributed by atoms with E-state index in [2.05, 4.69) is 25.4 Å². The molecule has 3 aromatic rings. The quantitative estimate of drug-likeness (QED) is 0.628. The minimum atomic E-state index is -0.424. The third kappa shape index (κ3) is 4.26. The Bertz CT molecular complexity index is 1070. The molecule has 2 N–H and O–H groups in total. The second kappa shape index (κ2) is 8.49. The van der Waals surface area contributed by atoms with Crippen molar-refractivity contribution in [2.24, 2.45) is 0 Å². The molecule has 162 valence electrons. The average molecular weight is 442 g/mol. The second-order valence-electron chi connectivity index (χ2n) is 8.03. The molecule has 2 fully saturated rings. The SMILES string of the molecule is Cc1ncc(-c2cc(O)c(-c3ccc(N4CC[C@H](N[C@@H]5CCOC5)C4)nn3)cc2F)s1. The van der Waals surface area contributed by atoms with E-state index in [1.165, 1.54) is 23.5 Å². The van der Waals surface area contributed by atoms with Gasteiger partial charge in [-0.25, -0.2) is 9.37 Å². The molecule has 0 radical (unpaired) electrons. The second-order valence-corrected chi connectivity index (χ2v) is 9.26. The van der Waals surface area contributed by atoms with Gasteiger partial charge in [0.25, 0.3) is 0 Å². The van der Waals surface area contributed by atoms with Gasteiger partial charge in [-0.2, -0.15) is 0 Å². The summed E-state index contributed by atoms with van der Waals surface area (Å²) in [5, 5.41) is 23.6. The summed E-state index contributed by atoms with van der Waals surface area (Å²) in [4.78, 5) is 7.03. The van der Waals surface area contributed by atoms with Crippen molar-refractivity contribution in [1.29, 1.82) is 0 Å². The van der Waals surface area contributed by atoms with Gasteiger partial charge in [0.05, 0.1) is 22.2 Å². The molecule has 31 heavy (non-hydrogen) atoms. The first-order chi connectivity index (χ1) is 15.1. The van der Waals surface area contributed by atoms with Gasteiger partial charge in [0.15, 0.2) is 5.82 Å². The number of aromatic nitrogens is 3. The number of hydrogen-bond donors (Lipinski definition) is 2. The van der Waals surface area contributed by atoms with Gasteiger partial charge in [0, 0.05) is 49.1 Å². The van der Waals surface area contributed by atoms with Crippen molar-refractivity contribution in [3.8, 4) is 27.4 Å². The fourth-order valence-corrected chi connectivity index (χ4v) is 4.98. The first kappa shape index (κ1) is 20.3. The Morgan fingerprint density at radius 2 is 2.10 bits per heavy atom. The summed E-state index contributed by atoms with van der Waals surface area (Å²) in [5.74, 6) is 0.327. The topological polar surface area (TPSA) is 83.4 Å². The summed E-state index contributed by atoms with van der Waals surface area (Å²) >= 11 is 1.38. The largest absolute Gasteiger partial charge is 0.507 e. The van der Waals surface area contributed by atoms with Crippen molar-refractivity contribution in [3.05, 3.63) is 41.3 Å². The van der Waals surface area contributed by atoms with Gasteiger partial charge in [-0.1, -0.05) is 0 Å². The van der Waals surface area contributed by atoms with Crippen LogP contribution in [0, 0.1) is 12.7 Å². The summed E-state index contributed by atoms with van der Waals surface area (Å²) in [6.45, 7) is 5.25. The molecule has 0 bridgehead atoms. The summed E-state index contributed by atoms with van der Waals surface area (Å²) < 4.78 is 20.2. The molecule has 2 saturated heterocycles. The van der Waals surface area contributed by atoms with Crippen LogP contribution in [-0.4, -0.2) is 58.7 Å². The predicted octanol–water partition coefficient (Wildman–Crippen LogP) is 3.38. The minimum absolute atomic E-state index is 0.0336. The van der Waals surface area contributed by atoms with E-state index in [1.807, 2.05) is 13.0 Å². The number of thiazole rings is 1. The van der Waals surface area contributed by atoms with E-state index in [4.69, 9.17) is 4.74 Å². The lowest BCUT2D eigenvalue weighted by Gasteiger charge is -2.19. The number of hydrogen-bond acceptors (Lipinski definition) is 8. The van der Waals surface area contributed by atoms with Crippen LogP contribution in [0.25, 0.3) is 21.7 Å². The molecule has 2 aliphatic heterocycles. The maximum Gasteiger partial charge on any atom is 0.151 e. The molecule has 0 saturated carbocycles. The minimum Gasteiger partial charge on any atom is -0.507 e. The number of phenols is 1. The highest BCUT2D eigenvalue weighted by atomic mass is 32.1. The van der Waals surface area contributed by atoms with Crippen LogP contribution in [0.5, 0.6) is 5.75 Å². The number of nitrogens with zero attached hydrogens (tertiary/aromatic N) is 4. The monoisotopic (exact) mass is 441 g/mol. The zero-order valence-corrected chi connectivity index (χ0v) is 18.0. The number of aryl methyl sites for hydroxylation is 1. The van der Waals surface area contributed by atoms with E-state index >= 15 is 0 Å². The van der Waals surface area contributed by atoms with Gasteiger partial charge in [-0.3, -0.25) is 0 Å². The number of nitrogens with one attached hydrogen (secondary N) is 1. The molecule has 5 rings (SSSR count). The standard InChI is InChI=1S/C22H24FN5O2S/c1-13-24-10-21(31-13)16-9-20(29)17(8-18(16)23)19-2-3-22(27-26-19)28-6-4-14(11-28)25-15-5-7-30-12-15/h2-3,8-10,14-15,25,29H,4-7,11-12H2,1H3/t14-,15+/m0/s1. The lowest BCUT2D eigenvalue weighted by molar-refractivity contribution is 0.188. The molecule has 0 spiro atoms. The van der Waals surface area contributed by atoms with E-state index in [-0.39, 0.29) is 5.75 Å². The lowest BCUT2D eigenvalue weighted by atomic mass is 10.1. The summed E-state index contributed by atoms with van der Waals surface area (Å²) in [6.07, 6.45) is 3.72. The fraction of sp³-hybridized carbons (Fsp3) is 0.409. The molecule has 9 heteroatoms. The van der Waals surface area contributed by atoms with Crippen LogP contribution in [0.4, 0.5) is 10.2 Å². The number of rotatable bonds is 5. The molecule has 4 heterocycles.